The Labute approximate surface area is 239 Å². The molecule has 0 heterocycles. The van der Waals surface area contributed by atoms with Crippen LogP contribution in [0.25, 0.3) is 11.1 Å². The normalized spacial score (nSPS) is 15.2. The summed E-state index contributed by atoms with van der Waals surface area (Å²) in [5.41, 5.74) is 3.06. The largest absolute Gasteiger partial charge is 0.508 e. The van der Waals surface area contributed by atoms with E-state index in [1.165, 1.54) is 14.0 Å². The number of thioether (sulfide) groups is 1. The van der Waals surface area contributed by atoms with Gasteiger partial charge in [0.25, 0.3) is 0 Å². The Hall–Kier alpha value is -3.08. The molecule has 1 unspecified atom stereocenters. The fourth-order valence-corrected chi connectivity index (χ4v) is 5.48. The Balaban J connectivity index is 1.82. The molecule has 4 atom stereocenters. The maximum atomic E-state index is 13.1. The van der Waals surface area contributed by atoms with Gasteiger partial charge in [-0.1, -0.05) is 68.8 Å². The van der Waals surface area contributed by atoms with Crippen molar-refractivity contribution in [3.8, 4) is 11.1 Å². The number of esters is 2. The van der Waals surface area contributed by atoms with Gasteiger partial charge in [-0.3, -0.25) is 9.59 Å². The van der Waals surface area contributed by atoms with E-state index in [9.17, 15) is 19.5 Å². The minimum atomic E-state index is -1.25. The van der Waals surface area contributed by atoms with E-state index in [4.69, 9.17) is 23.7 Å². The number of carbonyl (C=O) groups is 3. The lowest BCUT2D eigenvalue weighted by Crippen LogP contribution is -2.50. The van der Waals surface area contributed by atoms with Gasteiger partial charge < -0.3 is 28.8 Å². The van der Waals surface area contributed by atoms with Crippen molar-refractivity contribution < 1.29 is 43.2 Å². The molecule has 3 rings (SSSR count). The number of hydrogen-bond donors (Lipinski definition) is 1. The number of carbonyl (C=O) groups excluding carboxylic acids is 3. The van der Waals surface area contributed by atoms with Crippen LogP contribution < -0.4 is 0 Å². The molecule has 1 aliphatic rings. The number of methoxy groups -OCH3 is 1. The number of aliphatic hydroxyl groups is 1. The average molecular weight is 575 g/mol. The highest BCUT2D eigenvalue weighted by molar-refractivity contribution is 7.99. The standard InChI is InChI=1S/C30H38O9S/c1-5-7-16-36-27(28(38-19(3)31)29(33)40-6-2)25(17-26(32)35-4)39-30(34)37-18-24-22-14-10-8-12-20(22)21-13-9-11-15-23(21)24/h8-15,24-25,27-29,33H,5-7,16-18H2,1-4H3/t25-,27-,28?,29+/m1/s1. The molecule has 2 aromatic rings. The average Bonchev–Trinajstić information content (AvgIpc) is 3.26. The van der Waals surface area contributed by atoms with Gasteiger partial charge in [-0.25, -0.2) is 4.79 Å². The third-order valence-corrected chi connectivity index (χ3v) is 7.54. The molecule has 1 N–H and O–H groups in total. The summed E-state index contributed by atoms with van der Waals surface area (Å²) in [6, 6.07) is 15.9. The summed E-state index contributed by atoms with van der Waals surface area (Å²) in [4.78, 5) is 37.3. The van der Waals surface area contributed by atoms with Gasteiger partial charge in [0.15, 0.2) is 6.10 Å². The zero-order valence-electron chi connectivity index (χ0n) is 23.4. The molecule has 0 aliphatic heterocycles. The maximum Gasteiger partial charge on any atom is 0.508 e. The Bertz CT molecular complexity index is 1090. The zero-order valence-corrected chi connectivity index (χ0v) is 24.2. The number of unbranched alkanes of at least 4 members (excludes halogenated alkanes) is 1. The Kier molecular flexibility index (Phi) is 12.3. The van der Waals surface area contributed by atoms with Gasteiger partial charge in [0.05, 0.1) is 13.5 Å². The van der Waals surface area contributed by atoms with Crippen LogP contribution in [0.15, 0.2) is 48.5 Å². The summed E-state index contributed by atoms with van der Waals surface area (Å²) in [7, 11) is 1.21. The minimum absolute atomic E-state index is 0.0147. The number of ether oxygens (including phenoxy) is 5. The predicted molar refractivity (Wildman–Crippen MR) is 151 cm³/mol. The van der Waals surface area contributed by atoms with Crippen LogP contribution in [0.1, 0.15) is 57.1 Å². The monoisotopic (exact) mass is 574 g/mol. The quantitative estimate of drug-likeness (QED) is 0.134. The highest BCUT2D eigenvalue weighted by Gasteiger charge is 2.41. The van der Waals surface area contributed by atoms with Gasteiger partial charge in [0, 0.05) is 19.4 Å². The second kappa shape index (κ2) is 15.6. The fraction of sp³-hybridized carbons (Fsp3) is 0.500. The SMILES string of the molecule is CCCCO[C@@H](C(OC(C)=O)[C@@H](O)SCC)[C@@H](CC(=O)OC)OC(=O)OCC1c2ccccc2-c2ccccc21. The van der Waals surface area contributed by atoms with E-state index in [0.717, 1.165) is 40.4 Å². The number of rotatable bonds is 15. The van der Waals surface area contributed by atoms with Crippen molar-refractivity contribution in [1.29, 1.82) is 0 Å². The number of aliphatic hydroxyl groups excluding tert-OH is 1. The second-order valence-electron chi connectivity index (χ2n) is 9.33. The summed E-state index contributed by atoms with van der Waals surface area (Å²) in [5, 5.41) is 10.8. The molecule has 9 nitrogen and oxygen atoms in total. The minimum Gasteiger partial charge on any atom is -0.469 e. The van der Waals surface area contributed by atoms with E-state index in [1.807, 2.05) is 62.4 Å². The molecule has 0 radical (unpaired) electrons. The molecule has 0 saturated heterocycles. The molecule has 0 saturated carbocycles. The van der Waals surface area contributed by atoms with Crippen LogP contribution in [-0.2, 0) is 33.3 Å². The Morgan fingerprint density at radius 1 is 0.950 bits per heavy atom. The summed E-state index contributed by atoms with van der Waals surface area (Å²) in [5.74, 6) is -0.982. The van der Waals surface area contributed by atoms with E-state index in [0.29, 0.717) is 12.2 Å². The first-order valence-corrected chi connectivity index (χ1v) is 14.5. The molecule has 218 valence electrons. The number of hydrogen-bond acceptors (Lipinski definition) is 10. The van der Waals surface area contributed by atoms with Crippen molar-refractivity contribution in [3.05, 3.63) is 59.7 Å². The lowest BCUT2D eigenvalue weighted by Gasteiger charge is -2.34. The maximum absolute atomic E-state index is 13.1. The summed E-state index contributed by atoms with van der Waals surface area (Å²) < 4.78 is 27.5. The molecule has 0 aromatic heterocycles. The van der Waals surface area contributed by atoms with Gasteiger partial charge in [-0.2, -0.15) is 0 Å². The molecule has 0 amide bonds. The molecule has 0 bridgehead atoms. The van der Waals surface area contributed by atoms with Crippen LogP contribution in [0.3, 0.4) is 0 Å². The van der Waals surface area contributed by atoms with Crippen molar-refractivity contribution in [2.45, 2.75) is 69.7 Å². The van der Waals surface area contributed by atoms with Gasteiger partial charge in [0.2, 0.25) is 0 Å². The van der Waals surface area contributed by atoms with Gasteiger partial charge in [-0.05, 0) is 34.4 Å². The van der Waals surface area contributed by atoms with E-state index < -0.39 is 48.3 Å². The van der Waals surface area contributed by atoms with E-state index in [2.05, 4.69) is 0 Å². The van der Waals surface area contributed by atoms with Crippen LogP contribution in [0, 0.1) is 0 Å². The Morgan fingerprint density at radius 2 is 1.57 bits per heavy atom. The smallest absolute Gasteiger partial charge is 0.469 e. The molecule has 10 heteroatoms. The highest BCUT2D eigenvalue weighted by atomic mass is 32.2. The van der Waals surface area contributed by atoms with Crippen molar-refractivity contribution in [2.24, 2.45) is 0 Å². The lowest BCUT2D eigenvalue weighted by atomic mass is 9.98. The van der Waals surface area contributed by atoms with E-state index >= 15 is 0 Å². The third-order valence-electron chi connectivity index (χ3n) is 6.59. The zero-order chi connectivity index (χ0) is 29.1. The topological polar surface area (TPSA) is 118 Å². The van der Waals surface area contributed by atoms with Crippen molar-refractivity contribution >= 4 is 29.9 Å². The Morgan fingerprint density at radius 3 is 2.12 bits per heavy atom. The van der Waals surface area contributed by atoms with Gasteiger partial charge >= 0.3 is 18.1 Å². The van der Waals surface area contributed by atoms with Crippen molar-refractivity contribution in [3.63, 3.8) is 0 Å². The predicted octanol–water partition coefficient (Wildman–Crippen LogP) is 5.07. The highest BCUT2D eigenvalue weighted by Crippen LogP contribution is 2.44. The van der Waals surface area contributed by atoms with Crippen LogP contribution in [0.4, 0.5) is 4.79 Å². The molecular weight excluding hydrogens is 536 g/mol. The molecular formula is C30H38O9S. The van der Waals surface area contributed by atoms with E-state index in [1.54, 1.807) is 0 Å². The second-order valence-corrected chi connectivity index (χ2v) is 10.7. The van der Waals surface area contributed by atoms with Crippen LogP contribution in [0.2, 0.25) is 0 Å². The van der Waals surface area contributed by atoms with Crippen molar-refractivity contribution in [1.82, 2.24) is 0 Å². The van der Waals surface area contributed by atoms with Crippen LogP contribution >= 0.6 is 11.8 Å². The number of benzene rings is 2. The first-order chi connectivity index (χ1) is 19.3. The van der Waals surface area contributed by atoms with Gasteiger partial charge in [0.1, 0.15) is 24.3 Å². The molecule has 2 aromatic carbocycles. The summed E-state index contributed by atoms with van der Waals surface area (Å²) in [6.45, 7) is 5.27. The van der Waals surface area contributed by atoms with Gasteiger partial charge in [-0.15, -0.1) is 11.8 Å². The molecule has 40 heavy (non-hydrogen) atoms. The van der Waals surface area contributed by atoms with Crippen LogP contribution in [0.5, 0.6) is 0 Å². The molecule has 1 aliphatic carbocycles. The lowest BCUT2D eigenvalue weighted by molar-refractivity contribution is -0.175. The fourth-order valence-electron chi connectivity index (χ4n) is 4.74. The third kappa shape index (κ3) is 8.22. The molecule has 0 spiro atoms. The number of fused-ring (bicyclic) bond motifs is 3. The summed E-state index contributed by atoms with van der Waals surface area (Å²) >= 11 is 1.13. The van der Waals surface area contributed by atoms with Crippen LogP contribution in [-0.4, -0.2) is 73.0 Å². The van der Waals surface area contributed by atoms with Crippen molar-refractivity contribution in [2.75, 3.05) is 26.1 Å². The molecule has 0 fully saturated rings. The van der Waals surface area contributed by atoms with E-state index in [-0.39, 0.29) is 19.1 Å². The first kappa shape index (κ1) is 31.4. The summed E-state index contributed by atoms with van der Waals surface area (Å²) in [6.07, 6.45) is -3.55. The first-order valence-electron chi connectivity index (χ1n) is 13.5.